The van der Waals surface area contributed by atoms with E-state index in [2.05, 4.69) is 4.76 Å². The Balaban J connectivity index is 2.39. The summed E-state index contributed by atoms with van der Waals surface area (Å²) in [6, 6.07) is 15.5. The van der Waals surface area contributed by atoms with Gasteiger partial charge in [0.15, 0.2) is 0 Å². The Morgan fingerprint density at radius 1 is 0.789 bits per heavy atom. The van der Waals surface area contributed by atoms with Gasteiger partial charge in [-0.1, -0.05) is 24.3 Å². The van der Waals surface area contributed by atoms with Crippen molar-refractivity contribution in [2.24, 2.45) is 0 Å². The van der Waals surface area contributed by atoms with Gasteiger partial charge in [-0.05, 0) is 22.9 Å². The highest BCUT2D eigenvalue weighted by molar-refractivity contribution is 6.51. The molecule has 0 unspecified atom stereocenters. The fourth-order valence-corrected chi connectivity index (χ4v) is 2.12. The number of rotatable bonds is 2. The molecule has 0 spiro atoms. The largest absolute Gasteiger partial charge is 0.752 e. The second-order valence-corrected chi connectivity index (χ2v) is 4.18. The molecule has 0 radical (unpaired) electrons. The van der Waals surface area contributed by atoms with Crippen LogP contribution < -0.4 is 9.49 Å². The Bertz CT molecular complexity index is 704. The third-order valence-electron chi connectivity index (χ3n) is 2.85. The Kier molecular flexibility index (Phi) is 2.59. The number of hydrogen-bond donors (Lipinski definition) is 0. The number of hydrogen-bond acceptors (Lipinski definition) is 1. The molecule has 0 saturated heterocycles. The van der Waals surface area contributed by atoms with E-state index < -0.39 is 7.18 Å². The molecular weight excluding hydrogens is 254 g/mol. The monoisotopic (exact) mass is 263 g/mol. The topological polar surface area (TPSA) is 13.1 Å². The summed E-state index contributed by atoms with van der Waals surface area (Å²) in [5, 5.41) is 1.39. The van der Waals surface area contributed by atoms with Gasteiger partial charge in [-0.25, -0.2) is 0 Å². The normalized spacial score (nSPS) is 11.9. The van der Waals surface area contributed by atoms with Crippen molar-refractivity contribution in [2.75, 3.05) is 0 Å². The Morgan fingerprint density at radius 3 is 1.74 bits per heavy atom. The van der Waals surface area contributed by atoms with Crippen molar-refractivity contribution in [3.8, 4) is 0 Å². The Morgan fingerprint density at radius 2 is 1.26 bits per heavy atom. The van der Waals surface area contributed by atoms with Gasteiger partial charge in [0.2, 0.25) is 0 Å². The summed E-state index contributed by atoms with van der Waals surface area (Å²) < 4.78 is 42.9. The maximum atomic E-state index is 12.6. The van der Waals surface area contributed by atoms with Crippen LogP contribution in [0.4, 0.5) is 12.9 Å². The highest BCUT2D eigenvalue weighted by Crippen LogP contribution is 2.18. The van der Waals surface area contributed by atoms with Crippen LogP contribution in [0.15, 0.2) is 54.6 Å². The number of fused-ring (bicyclic) bond motifs is 2. The van der Waals surface area contributed by atoms with Gasteiger partial charge < -0.3 is 17.7 Å². The van der Waals surface area contributed by atoms with Crippen molar-refractivity contribution in [2.45, 2.75) is 0 Å². The minimum absolute atomic E-state index is 0.389. The highest BCUT2D eigenvalue weighted by Gasteiger charge is 2.36. The van der Waals surface area contributed by atoms with Crippen LogP contribution >= 0.6 is 0 Å². The molecule has 0 bridgehead atoms. The molecule has 19 heavy (non-hydrogen) atoms. The molecule has 3 rings (SSSR count). The lowest BCUT2D eigenvalue weighted by atomic mass is 10.1. The van der Waals surface area contributed by atoms with Crippen molar-refractivity contribution in [3.63, 3.8) is 0 Å². The summed E-state index contributed by atoms with van der Waals surface area (Å²) >= 11 is 0. The van der Waals surface area contributed by atoms with Gasteiger partial charge in [0, 0.05) is 12.1 Å². The van der Waals surface area contributed by atoms with Crippen LogP contribution in [-0.4, -0.2) is 7.18 Å². The second-order valence-electron chi connectivity index (χ2n) is 4.18. The van der Waals surface area contributed by atoms with E-state index in [1.807, 2.05) is 6.07 Å². The molecule has 0 N–H and O–H groups in total. The maximum absolute atomic E-state index is 12.6. The lowest BCUT2D eigenvalue weighted by molar-refractivity contribution is -0.826. The lowest BCUT2D eigenvalue weighted by Crippen LogP contribution is -2.53. The first-order valence-electron chi connectivity index (χ1n) is 5.75. The lowest BCUT2D eigenvalue weighted by Gasteiger charge is -2.13. The smallest absolute Gasteiger partial charge is 0.407 e. The first kappa shape index (κ1) is 11.8. The van der Waals surface area contributed by atoms with Gasteiger partial charge in [-0.15, -0.1) is 0 Å². The summed E-state index contributed by atoms with van der Waals surface area (Å²) in [5.74, 6) is 0. The molecule has 1 heterocycles. The summed E-state index contributed by atoms with van der Waals surface area (Å²) in [4.78, 5) is 0. The van der Waals surface area contributed by atoms with Crippen LogP contribution in [-0.2, 0) is 0 Å². The molecule has 0 saturated carbocycles. The van der Waals surface area contributed by atoms with Crippen LogP contribution in [0.3, 0.4) is 0 Å². The van der Waals surface area contributed by atoms with E-state index in [4.69, 9.17) is 0 Å². The number of pyridine rings is 1. The van der Waals surface area contributed by atoms with Crippen molar-refractivity contribution < 1.29 is 22.4 Å². The second kappa shape index (κ2) is 4.15. The third-order valence-corrected chi connectivity index (χ3v) is 2.85. The molecule has 3 aromatic rings. The molecule has 0 aliphatic rings. The van der Waals surface area contributed by atoms with E-state index in [1.165, 1.54) is 0 Å². The van der Waals surface area contributed by atoms with E-state index in [9.17, 15) is 12.9 Å². The molecule has 0 amide bonds. The van der Waals surface area contributed by atoms with Gasteiger partial charge in [0.05, 0.1) is 10.8 Å². The minimum Gasteiger partial charge on any atom is -0.407 e. The van der Waals surface area contributed by atoms with Gasteiger partial charge in [-0.3, -0.25) is 0 Å². The van der Waals surface area contributed by atoms with Gasteiger partial charge >= 0.3 is 7.18 Å². The first-order chi connectivity index (χ1) is 9.04. The third kappa shape index (κ3) is 2.21. The van der Waals surface area contributed by atoms with Gasteiger partial charge in [0.1, 0.15) is 0 Å². The Labute approximate surface area is 107 Å². The van der Waals surface area contributed by atoms with Crippen LogP contribution in [0.2, 0.25) is 0 Å². The zero-order chi connectivity index (χ0) is 13.5. The number of para-hydroxylation sites is 2. The van der Waals surface area contributed by atoms with Crippen molar-refractivity contribution in [3.05, 3.63) is 54.6 Å². The quantitative estimate of drug-likeness (QED) is 0.393. The average Bonchev–Trinajstić information content (AvgIpc) is 2.37. The van der Waals surface area contributed by atoms with Crippen molar-refractivity contribution in [1.82, 2.24) is 0 Å². The Hall–Kier alpha value is -2.24. The SMILES string of the molecule is F[B-](F)(F)O[n+]1c2ccccc2cc2ccccc21. The summed E-state index contributed by atoms with van der Waals surface area (Å²) in [6.07, 6.45) is 0. The number of nitrogens with zero attached hydrogens (tertiary/aromatic N) is 1. The molecule has 0 aliphatic heterocycles. The standard InChI is InChI=1S/C13H9BF3NO/c15-14(16,17)19-18-12-7-3-1-5-10(12)9-11-6-2-4-8-13(11)18/h1-9H. The summed E-state index contributed by atoms with van der Waals surface area (Å²) in [5.41, 5.74) is 0.779. The van der Waals surface area contributed by atoms with Crippen LogP contribution in [0.5, 0.6) is 0 Å². The van der Waals surface area contributed by atoms with E-state index in [0.717, 1.165) is 4.73 Å². The van der Waals surface area contributed by atoms with Crippen LogP contribution in [0.25, 0.3) is 21.8 Å². The molecule has 6 heteroatoms. The first-order valence-corrected chi connectivity index (χ1v) is 5.75. The zero-order valence-corrected chi connectivity index (χ0v) is 9.76. The highest BCUT2D eigenvalue weighted by atomic mass is 19.4. The van der Waals surface area contributed by atoms with E-state index in [1.54, 1.807) is 48.5 Å². The minimum atomic E-state index is -5.38. The van der Waals surface area contributed by atoms with E-state index >= 15 is 0 Å². The number of aromatic nitrogens is 1. The molecule has 0 atom stereocenters. The molecule has 0 aliphatic carbocycles. The number of halogens is 3. The predicted octanol–water partition coefficient (Wildman–Crippen LogP) is 3.05. The van der Waals surface area contributed by atoms with Gasteiger partial charge in [-0.2, -0.15) is 0 Å². The molecule has 0 fully saturated rings. The number of benzene rings is 2. The fraction of sp³-hybridized carbons (Fsp3) is 0. The van der Waals surface area contributed by atoms with Crippen LogP contribution in [0.1, 0.15) is 0 Å². The molecular formula is C13H9BF3NO. The summed E-state index contributed by atoms with van der Waals surface area (Å²) in [6.45, 7) is 0. The summed E-state index contributed by atoms with van der Waals surface area (Å²) in [7, 11) is -5.38. The van der Waals surface area contributed by atoms with Gasteiger partial charge in [0.25, 0.3) is 11.0 Å². The average molecular weight is 263 g/mol. The van der Waals surface area contributed by atoms with Crippen LogP contribution in [0, 0.1) is 0 Å². The molecule has 2 aromatic carbocycles. The molecule has 1 aromatic heterocycles. The molecule has 2 nitrogen and oxygen atoms in total. The fourth-order valence-electron chi connectivity index (χ4n) is 2.12. The van der Waals surface area contributed by atoms with Crippen molar-refractivity contribution in [1.29, 1.82) is 0 Å². The zero-order valence-electron chi connectivity index (χ0n) is 9.76. The maximum Gasteiger partial charge on any atom is 0.752 e. The van der Waals surface area contributed by atoms with Crippen molar-refractivity contribution >= 4 is 29.0 Å². The van der Waals surface area contributed by atoms with E-state index in [-0.39, 0.29) is 0 Å². The van der Waals surface area contributed by atoms with E-state index in [0.29, 0.717) is 21.8 Å². The predicted molar refractivity (Wildman–Crippen MR) is 67.3 cm³/mol. The molecule has 96 valence electrons.